The highest BCUT2D eigenvalue weighted by Gasteiger charge is 2.21. The first-order chi connectivity index (χ1) is 13.1. The Hall–Kier alpha value is -2.19. The van der Waals surface area contributed by atoms with E-state index in [1.807, 2.05) is 0 Å². The summed E-state index contributed by atoms with van der Waals surface area (Å²) < 4.78 is 5.79. The molecule has 27 heavy (non-hydrogen) atoms. The summed E-state index contributed by atoms with van der Waals surface area (Å²) in [5, 5.41) is 24.0. The lowest BCUT2D eigenvalue weighted by Crippen LogP contribution is -2.48. The van der Waals surface area contributed by atoms with Gasteiger partial charge in [-0.1, -0.05) is 12.1 Å². The molecule has 2 fully saturated rings. The van der Waals surface area contributed by atoms with Crippen molar-refractivity contribution in [2.45, 2.75) is 50.9 Å². The summed E-state index contributed by atoms with van der Waals surface area (Å²) >= 11 is 0. The third-order valence-corrected chi connectivity index (χ3v) is 5.08. The molecule has 1 unspecified atom stereocenters. The van der Waals surface area contributed by atoms with Crippen LogP contribution >= 0.6 is 0 Å². The monoisotopic (exact) mass is 376 g/mol. The van der Waals surface area contributed by atoms with Crippen LogP contribution in [-0.4, -0.2) is 59.3 Å². The molecular weight excluding hydrogens is 348 g/mol. The maximum atomic E-state index is 10.8. The molecule has 0 radical (unpaired) electrons. The maximum Gasteiger partial charge on any atom is 0.269 e. The van der Waals surface area contributed by atoms with Gasteiger partial charge in [-0.25, -0.2) is 4.99 Å². The number of nitrogens with one attached hydrogen (secondary N) is 1. The van der Waals surface area contributed by atoms with Gasteiger partial charge in [0, 0.05) is 38.4 Å². The Morgan fingerprint density at radius 3 is 2.63 bits per heavy atom. The standard InChI is InChI=1S/C19H28N4O4/c24-17-8-10-22(11-9-17)19(21-14-18-3-1-2-12-27-18)20-13-15-4-6-16(7-5-15)23(25)26/h4-7,17-18,24H,1-3,8-14H2,(H,20,21). The van der Waals surface area contributed by atoms with Gasteiger partial charge < -0.3 is 20.1 Å². The third kappa shape index (κ3) is 5.90. The van der Waals surface area contributed by atoms with Crippen LogP contribution in [-0.2, 0) is 11.3 Å². The number of guanidine groups is 1. The number of ether oxygens (including phenoxy) is 1. The van der Waals surface area contributed by atoms with Crippen molar-refractivity contribution >= 4 is 11.6 Å². The van der Waals surface area contributed by atoms with Gasteiger partial charge in [0.2, 0.25) is 0 Å². The fourth-order valence-corrected chi connectivity index (χ4v) is 3.41. The zero-order valence-electron chi connectivity index (χ0n) is 15.5. The third-order valence-electron chi connectivity index (χ3n) is 5.08. The van der Waals surface area contributed by atoms with Crippen LogP contribution in [0.5, 0.6) is 0 Å². The van der Waals surface area contributed by atoms with Crippen molar-refractivity contribution in [2.24, 2.45) is 4.99 Å². The summed E-state index contributed by atoms with van der Waals surface area (Å²) in [6, 6.07) is 6.49. The number of likely N-dealkylation sites (tertiary alicyclic amines) is 1. The van der Waals surface area contributed by atoms with E-state index >= 15 is 0 Å². The number of hydrogen-bond acceptors (Lipinski definition) is 5. The van der Waals surface area contributed by atoms with Gasteiger partial charge in [0.1, 0.15) is 0 Å². The van der Waals surface area contributed by atoms with Crippen LogP contribution in [0.4, 0.5) is 5.69 Å². The number of aliphatic imine (C=N–C) groups is 1. The number of non-ortho nitro benzene ring substituents is 1. The number of nitro groups is 1. The zero-order valence-corrected chi connectivity index (χ0v) is 15.5. The lowest BCUT2D eigenvalue weighted by atomic mass is 10.1. The van der Waals surface area contributed by atoms with Crippen LogP contribution in [0.1, 0.15) is 37.7 Å². The minimum absolute atomic E-state index is 0.0838. The van der Waals surface area contributed by atoms with Crippen LogP contribution < -0.4 is 5.32 Å². The van der Waals surface area contributed by atoms with E-state index in [1.165, 1.54) is 18.6 Å². The summed E-state index contributed by atoms with van der Waals surface area (Å²) in [4.78, 5) is 17.3. The summed E-state index contributed by atoms with van der Waals surface area (Å²) in [5.41, 5.74) is 1.01. The Kier molecular flexibility index (Phi) is 7.00. The first-order valence-electron chi connectivity index (χ1n) is 9.68. The first kappa shape index (κ1) is 19.6. The van der Waals surface area contributed by atoms with Gasteiger partial charge in [0.15, 0.2) is 5.96 Å². The largest absolute Gasteiger partial charge is 0.393 e. The molecule has 2 N–H and O–H groups in total. The minimum atomic E-state index is -0.400. The van der Waals surface area contributed by atoms with E-state index in [0.717, 1.165) is 63.4 Å². The summed E-state index contributed by atoms with van der Waals surface area (Å²) in [6.45, 7) is 3.51. The Labute approximate surface area is 159 Å². The summed E-state index contributed by atoms with van der Waals surface area (Å²) in [5.74, 6) is 0.814. The van der Waals surface area contributed by atoms with E-state index in [0.29, 0.717) is 6.54 Å². The Bertz CT molecular complexity index is 636. The molecule has 8 nitrogen and oxygen atoms in total. The van der Waals surface area contributed by atoms with Crippen molar-refractivity contribution < 1.29 is 14.8 Å². The van der Waals surface area contributed by atoms with Gasteiger partial charge in [0.05, 0.1) is 23.7 Å². The number of nitrogens with zero attached hydrogens (tertiary/aromatic N) is 3. The molecule has 148 valence electrons. The molecule has 0 aliphatic carbocycles. The van der Waals surface area contributed by atoms with Crippen molar-refractivity contribution in [2.75, 3.05) is 26.2 Å². The van der Waals surface area contributed by atoms with E-state index < -0.39 is 4.92 Å². The number of aliphatic hydroxyl groups excluding tert-OH is 1. The normalized spacial score (nSPS) is 21.9. The predicted octanol–water partition coefficient (Wildman–Crippen LogP) is 2.07. The summed E-state index contributed by atoms with van der Waals surface area (Å²) in [6.07, 6.45) is 4.81. The highest BCUT2D eigenvalue weighted by atomic mass is 16.6. The van der Waals surface area contributed by atoms with E-state index in [2.05, 4.69) is 10.2 Å². The van der Waals surface area contributed by atoms with E-state index in [1.54, 1.807) is 12.1 Å². The molecule has 1 atom stereocenters. The highest BCUT2D eigenvalue weighted by molar-refractivity contribution is 5.80. The SMILES string of the molecule is O=[N+]([O-])c1ccc(CN=C(NCC2CCCCO2)N2CCC(O)CC2)cc1. The second-order valence-electron chi connectivity index (χ2n) is 7.15. The quantitative estimate of drug-likeness (QED) is 0.353. The number of piperidine rings is 1. The van der Waals surface area contributed by atoms with Crippen molar-refractivity contribution in [1.29, 1.82) is 0 Å². The van der Waals surface area contributed by atoms with Gasteiger partial charge in [0.25, 0.3) is 5.69 Å². The number of rotatable bonds is 5. The number of hydrogen-bond donors (Lipinski definition) is 2. The average Bonchev–Trinajstić information content (AvgIpc) is 2.70. The Morgan fingerprint density at radius 1 is 1.26 bits per heavy atom. The first-order valence-corrected chi connectivity index (χ1v) is 9.68. The smallest absolute Gasteiger partial charge is 0.269 e. The van der Waals surface area contributed by atoms with Crippen molar-refractivity contribution in [3.05, 3.63) is 39.9 Å². The highest BCUT2D eigenvalue weighted by Crippen LogP contribution is 2.15. The van der Waals surface area contributed by atoms with E-state index in [9.17, 15) is 15.2 Å². The van der Waals surface area contributed by atoms with E-state index in [-0.39, 0.29) is 17.9 Å². The lowest BCUT2D eigenvalue weighted by molar-refractivity contribution is -0.384. The molecule has 2 aliphatic heterocycles. The Balaban J connectivity index is 1.63. The second-order valence-corrected chi connectivity index (χ2v) is 7.15. The molecule has 0 saturated carbocycles. The van der Waals surface area contributed by atoms with Crippen LogP contribution in [0.2, 0.25) is 0 Å². The molecule has 8 heteroatoms. The molecule has 0 spiro atoms. The van der Waals surface area contributed by atoms with Crippen LogP contribution in [0.25, 0.3) is 0 Å². The fourth-order valence-electron chi connectivity index (χ4n) is 3.41. The average molecular weight is 376 g/mol. The van der Waals surface area contributed by atoms with Crippen LogP contribution in [0.15, 0.2) is 29.3 Å². The molecule has 1 aromatic rings. The number of benzene rings is 1. The van der Waals surface area contributed by atoms with Gasteiger partial charge in [-0.15, -0.1) is 0 Å². The Morgan fingerprint density at radius 2 is 2.00 bits per heavy atom. The van der Waals surface area contributed by atoms with Crippen molar-refractivity contribution in [3.63, 3.8) is 0 Å². The fraction of sp³-hybridized carbons (Fsp3) is 0.632. The minimum Gasteiger partial charge on any atom is -0.393 e. The van der Waals surface area contributed by atoms with Crippen LogP contribution in [0.3, 0.4) is 0 Å². The molecule has 2 heterocycles. The van der Waals surface area contributed by atoms with E-state index in [4.69, 9.17) is 9.73 Å². The molecule has 1 aromatic carbocycles. The molecule has 2 saturated heterocycles. The summed E-state index contributed by atoms with van der Waals surface area (Å²) in [7, 11) is 0. The maximum absolute atomic E-state index is 10.8. The van der Waals surface area contributed by atoms with Gasteiger partial charge in [-0.3, -0.25) is 10.1 Å². The van der Waals surface area contributed by atoms with Gasteiger partial charge in [-0.05, 0) is 37.7 Å². The molecule has 0 bridgehead atoms. The predicted molar refractivity (Wildman–Crippen MR) is 103 cm³/mol. The molecule has 0 aromatic heterocycles. The molecule has 0 amide bonds. The van der Waals surface area contributed by atoms with Crippen molar-refractivity contribution in [1.82, 2.24) is 10.2 Å². The zero-order chi connectivity index (χ0) is 19.1. The number of aliphatic hydroxyl groups is 1. The van der Waals surface area contributed by atoms with Gasteiger partial charge >= 0.3 is 0 Å². The molecular formula is C19H28N4O4. The van der Waals surface area contributed by atoms with Gasteiger partial charge in [-0.2, -0.15) is 0 Å². The van der Waals surface area contributed by atoms with Crippen LogP contribution in [0, 0.1) is 10.1 Å². The topological polar surface area (TPSA) is 100 Å². The molecule has 3 rings (SSSR count). The second kappa shape index (κ2) is 9.66. The van der Waals surface area contributed by atoms with Crippen molar-refractivity contribution in [3.8, 4) is 0 Å². The number of nitro benzene ring substituents is 1. The molecule has 2 aliphatic rings. The lowest BCUT2D eigenvalue weighted by Gasteiger charge is -2.33.